The van der Waals surface area contributed by atoms with Gasteiger partial charge in [0.1, 0.15) is 11.5 Å². The van der Waals surface area contributed by atoms with Gasteiger partial charge in [-0.2, -0.15) is 0 Å². The Labute approximate surface area is 176 Å². The lowest BCUT2D eigenvalue weighted by Crippen LogP contribution is -2.29. The molecular weight excluding hydrogens is 382 g/mol. The summed E-state index contributed by atoms with van der Waals surface area (Å²) >= 11 is 0. The Bertz CT molecular complexity index is 1000. The normalized spacial score (nSPS) is 11.3. The van der Waals surface area contributed by atoms with Gasteiger partial charge in [0.15, 0.2) is 11.5 Å². The van der Waals surface area contributed by atoms with Crippen LogP contribution in [0.4, 0.5) is 0 Å². The predicted octanol–water partition coefficient (Wildman–Crippen LogP) is 4.24. The highest BCUT2D eigenvalue weighted by Gasteiger charge is 2.21. The molecule has 0 bridgehead atoms. The minimum absolute atomic E-state index is 0.247. The van der Waals surface area contributed by atoms with Crippen molar-refractivity contribution in [2.75, 3.05) is 28.4 Å². The number of para-hydroxylation sites is 1. The molecule has 1 atom stereocenters. The fourth-order valence-electron chi connectivity index (χ4n) is 3.23. The first-order chi connectivity index (χ1) is 14.6. The molecule has 30 heavy (non-hydrogen) atoms. The smallest absolute Gasteiger partial charge is 0.255 e. The first-order valence-electron chi connectivity index (χ1n) is 9.41. The second kappa shape index (κ2) is 9.69. The van der Waals surface area contributed by atoms with E-state index in [0.29, 0.717) is 22.8 Å². The molecule has 0 fully saturated rings. The molecule has 3 aromatic carbocycles. The van der Waals surface area contributed by atoms with E-state index in [1.54, 1.807) is 46.6 Å². The summed E-state index contributed by atoms with van der Waals surface area (Å²) in [7, 11) is 6.32. The third-order valence-electron chi connectivity index (χ3n) is 4.82. The lowest BCUT2D eigenvalue weighted by Gasteiger charge is -2.22. The highest BCUT2D eigenvalue weighted by Crippen LogP contribution is 2.33. The molecule has 1 amide bonds. The number of methoxy groups -OCH3 is 4. The number of carbonyl (C=O) groups is 1. The van der Waals surface area contributed by atoms with Gasteiger partial charge in [-0.3, -0.25) is 4.79 Å². The summed E-state index contributed by atoms with van der Waals surface area (Å²) in [6.07, 6.45) is 0. The summed E-state index contributed by atoms with van der Waals surface area (Å²) in [6, 6.07) is 19.8. The van der Waals surface area contributed by atoms with Crippen molar-refractivity contribution in [3.63, 3.8) is 0 Å². The van der Waals surface area contributed by atoms with Crippen molar-refractivity contribution in [3.8, 4) is 23.0 Å². The fraction of sp³-hybridized carbons (Fsp3) is 0.208. The molecule has 0 unspecified atom stereocenters. The lowest BCUT2D eigenvalue weighted by molar-refractivity contribution is 0.0940. The summed E-state index contributed by atoms with van der Waals surface area (Å²) in [6.45, 7) is 0. The molecule has 1 N–H and O–H groups in total. The van der Waals surface area contributed by atoms with Gasteiger partial charge in [0.05, 0.1) is 40.0 Å². The van der Waals surface area contributed by atoms with E-state index in [1.807, 2.05) is 48.5 Å². The average Bonchev–Trinajstić information content (AvgIpc) is 2.82. The van der Waals surface area contributed by atoms with E-state index in [-0.39, 0.29) is 5.91 Å². The second-order valence-electron chi connectivity index (χ2n) is 6.49. The van der Waals surface area contributed by atoms with Crippen LogP contribution in [0.25, 0.3) is 0 Å². The van der Waals surface area contributed by atoms with Gasteiger partial charge in [0, 0.05) is 0 Å². The van der Waals surface area contributed by atoms with E-state index in [4.69, 9.17) is 18.9 Å². The Morgan fingerprint density at radius 2 is 1.33 bits per heavy atom. The molecule has 0 heterocycles. The first kappa shape index (κ1) is 21.0. The number of benzene rings is 3. The second-order valence-corrected chi connectivity index (χ2v) is 6.49. The molecule has 3 rings (SSSR count). The Kier molecular flexibility index (Phi) is 6.80. The molecular formula is C24H25NO5. The average molecular weight is 407 g/mol. The summed E-state index contributed by atoms with van der Waals surface area (Å²) in [4.78, 5) is 13.1. The van der Waals surface area contributed by atoms with Gasteiger partial charge in [0.2, 0.25) is 0 Å². The van der Waals surface area contributed by atoms with Crippen molar-refractivity contribution in [3.05, 3.63) is 83.4 Å². The van der Waals surface area contributed by atoms with E-state index < -0.39 is 6.04 Å². The number of nitrogens with one attached hydrogen (secondary N) is 1. The van der Waals surface area contributed by atoms with Crippen LogP contribution in [-0.4, -0.2) is 34.3 Å². The van der Waals surface area contributed by atoms with E-state index in [0.717, 1.165) is 16.9 Å². The summed E-state index contributed by atoms with van der Waals surface area (Å²) in [5.74, 6) is 2.20. The molecule has 6 heteroatoms. The van der Waals surface area contributed by atoms with Crippen LogP contribution < -0.4 is 24.3 Å². The number of hydrogen-bond acceptors (Lipinski definition) is 5. The van der Waals surface area contributed by atoms with Gasteiger partial charge >= 0.3 is 0 Å². The minimum atomic E-state index is -0.423. The summed E-state index contributed by atoms with van der Waals surface area (Å²) in [5, 5.41) is 3.11. The lowest BCUT2D eigenvalue weighted by atomic mass is 9.97. The third-order valence-corrected chi connectivity index (χ3v) is 4.82. The van der Waals surface area contributed by atoms with E-state index in [2.05, 4.69) is 5.32 Å². The number of rotatable bonds is 8. The van der Waals surface area contributed by atoms with Gasteiger partial charge in [-0.05, 0) is 47.5 Å². The zero-order valence-electron chi connectivity index (χ0n) is 17.5. The molecule has 0 radical (unpaired) electrons. The van der Waals surface area contributed by atoms with Crippen molar-refractivity contribution >= 4 is 5.91 Å². The molecule has 0 aliphatic carbocycles. The maximum absolute atomic E-state index is 13.1. The van der Waals surface area contributed by atoms with Crippen molar-refractivity contribution < 1.29 is 23.7 Å². The topological polar surface area (TPSA) is 66.0 Å². The number of amides is 1. The molecule has 0 aliphatic rings. The van der Waals surface area contributed by atoms with Gasteiger partial charge in [0.25, 0.3) is 5.91 Å². The SMILES string of the molecule is COc1ccc([C@@H](NC(=O)c2ccccc2OC)c2ccc(OC)c(OC)c2)cc1. The number of ether oxygens (including phenoxy) is 4. The molecule has 3 aromatic rings. The monoisotopic (exact) mass is 407 g/mol. The maximum atomic E-state index is 13.1. The zero-order valence-corrected chi connectivity index (χ0v) is 17.5. The summed E-state index contributed by atoms with van der Waals surface area (Å²) < 4.78 is 21.4. The molecule has 0 aliphatic heterocycles. The van der Waals surface area contributed by atoms with Crippen LogP contribution in [0, 0.1) is 0 Å². The zero-order chi connectivity index (χ0) is 21.5. The van der Waals surface area contributed by atoms with Crippen LogP contribution in [-0.2, 0) is 0 Å². The Morgan fingerprint density at radius 3 is 1.97 bits per heavy atom. The largest absolute Gasteiger partial charge is 0.497 e. The highest BCUT2D eigenvalue weighted by molar-refractivity contribution is 5.97. The molecule has 156 valence electrons. The predicted molar refractivity (Wildman–Crippen MR) is 115 cm³/mol. The first-order valence-corrected chi connectivity index (χ1v) is 9.41. The minimum Gasteiger partial charge on any atom is -0.497 e. The van der Waals surface area contributed by atoms with Gasteiger partial charge in [-0.1, -0.05) is 30.3 Å². The highest BCUT2D eigenvalue weighted by atomic mass is 16.5. The Hall–Kier alpha value is -3.67. The third kappa shape index (κ3) is 4.49. The van der Waals surface area contributed by atoms with E-state index in [1.165, 1.54) is 0 Å². The van der Waals surface area contributed by atoms with Crippen molar-refractivity contribution in [1.29, 1.82) is 0 Å². The van der Waals surface area contributed by atoms with Crippen molar-refractivity contribution in [1.82, 2.24) is 5.32 Å². The van der Waals surface area contributed by atoms with Crippen LogP contribution >= 0.6 is 0 Å². The van der Waals surface area contributed by atoms with Crippen LogP contribution in [0.3, 0.4) is 0 Å². The Morgan fingerprint density at radius 1 is 0.700 bits per heavy atom. The molecule has 0 saturated heterocycles. The standard InChI is InChI=1S/C24H25NO5/c1-27-18-12-9-16(10-13-18)23(17-11-14-21(29-3)22(15-17)30-4)25-24(26)19-7-5-6-8-20(19)28-2/h5-15,23H,1-4H3,(H,25,26)/t23-/m1/s1. The number of hydrogen-bond donors (Lipinski definition) is 1. The van der Waals surface area contributed by atoms with Crippen molar-refractivity contribution in [2.24, 2.45) is 0 Å². The molecule has 0 aromatic heterocycles. The van der Waals surface area contributed by atoms with E-state index in [9.17, 15) is 4.79 Å². The van der Waals surface area contributed by atoms with Gasteiger partial charge in [-0.25, -0.2) is 0 Å². The van der Waals surface area contributed by atoms with Gasteiger partial charge < -0.3 is 24.3 Å². The molecule has 6 nitrogen and oxygen atoms in total. The maximum Gasteiger partial charge on any atom is 0.255 e. The fourth-order valence-corrected chi connectivity index (χ4v) is 3.23. The van der Waals surface area contributed by atoms with Gasteiger partial charge in [-0.15, -0.1) is 0 Å². The summed E-state index contributed by atoms with van der Waals surface area (Å²) in [5.41, 5.74) is 2.20. The van der Waals surface area contributed by atoms with E-state index >= 15 is 0 Å². The molecule has 0 saturated carbocycles. The van der Waals surface area contributed by atoms with Crippen LogP contribution in [0.2, 0.25) is 0 Å². The quantitative estimate of drug-likeness (QED) is 0.605. The number of carbonyl (C=O) groups excluding carboxylic acids is 1. The molecule has 0 spiro atoms. The van der Waals surface area contributed by atoms with Crippen LogP contribution in [0.5, 0.6) is 23.0 Å². The Balaban J connectivity index is 2.02. The van der Waals surface area contributed by atoms with Crippen molar-refractivity contribution in [2.45, 2.75) is 6.04 Å². The van der Waals surface area contributed by atoms with Crippen LogP contribution in [0.15, 0.2) is 66.7 Å². The van der Waals surface area contributed by atoms with Crippen LogP contribution in [0.1, 0.15) is 27.5 Å².